The summed E-state index contributed by atoms with van der Waals surface area (Å²) >= 11 is 6.10. The van der Waals surface area contributed by atoms with Crippen molar-refractivity contribution in [1.29, 1.82) is 0 Å². The summed E-state index contributed by atoms with van der Waals surface area (Å²) in [7, 11) is 0. The maximum Gasteiger partial charge on any atom is 0.408 e. The summed E-state index contributed by atoms with van der Waals surface area (Å²) in [6.45, 7) is 6.68. The lowest BCUT2D eigenvalue weighted by atomic mass is 10.2. The molecule has 2 aromatic rings. The van der Waals surface area contributed by atoms with E-state index in [1.54, 1.807) is 45.0 Å². The van der Waals surface area contributed by atoms with E-state index in [9.17, 15) is 14.4 Å². The van der Waals surface area contributed by atoms with E-state index >= 15 is 0 Å². The molecule has 3 N–H and O–H groups in total. The van der Waals surface area contributed by atoms with Crippen LogP contribution in [0, 0.1) is 0 Å². The molecule has 8 nitrogen and oxygen atoms in total. The Labute approximate surface area is 168 Å². The second-order valence-electron chi connectivity index (χ2n) is 7.09. The first-order valence-electron chi connectivity index (χ1n) is 8.59. The maximum absolute atomic E-state index is 12.4. The van der Waals surface area contributed by atoms with E-state index in [4.69, 9.17) is 16.3 Å². The largest absolute Gasteiger partial charge is 0.444 e. The Bertz CT molecular complexity index is 859. The van der Waals surface area contributed by atoms with Crippen molar-refractivity contribution in [2.75, 3.05) is 10.7 Å². The average molecular weight is 407 g/mol. The fraction of sp³-hybridized carbons (Fsp3) is 0.316. The van der Waals surface area contributed by atoms with Gasteiger partial charge in [0.2, 0.25) is 0 Å². The third-order valence-electron chi connectivity index (χ3n) is 3.42. The highest BCUT2D eigenvalue weighted by atomic mass is 35.5. The number of halogens is 1. The minimum Gasteiger partial charge on any atom is -0.444 e. The predicted octanol–water partition coefficient (Wildman–Crippen LogP) is 3.38. The molecule has 3 amide bonds. The lowest BCUT2D eigenvalue weighted by Gasteiger charge is -2.21. The quantitative estimate of drug-likeness (QED) is 0.708. The number of carbonyl (C=O) groups is 3. The van der Waals surface area contributed by atoms with Crippen LogP contribution in [0.3, 0.4) is 0 Å². The molecule has 0 aliphatic heterocycles. The van der Waals surface area contributed by atoms with E-state index in [0.29, 0.717) is 5.69 Å². The number of amides is 3. The summed E-state index contributed by atoms with van der Waals surface area (Å²) in [6.07, 6.45) is 2.07. The number of carbonyl (C=O) groups excluding carboxylic acids is 3. The number of anilines is 1. The van der Waals surface area contributed by atoms with E-state index in [1.807, 2.05) is 6.07 Å². The van der Waals surface area contributed by atoms with Crippen molar-refractivity contribution in [3.05, 3.63) is 53.3 Å². The summed E-state index contributed by atoms with van der Waals surface area (Å²) in [5, 5.41) is 5.32. The van der Waals surface area contributed by atoms with Crippen LogP contribution in [-0.2, 0) is 9.53 Å². The zero-order valence-electron chi connectivity index (χ0n) is 16.1. The highest BCUT2D eigenvalue weighted by Crippen LogP contribution is 2.18. The molecule has 0 aliphatic carbocycles. The van der Waals surface area contributed by atoms with E-state index in [-0.39, 0.29) is 10.6 Å². The molecule has 1 atom stereocenters. The van der Waals surface area contributed by atoms with Crippen LogP contribution >= 0.6 is 11.6 Å². The summed E-state index contributed by atoms with van der Waals surface area (Å²) in [5.74, 6) is -0.920. The molecule has 0 radical (unpaired) electrons. The number of alkyl carbamates (subject to hydrolysis) is 1. The van der Waals surface area contributed by atoms with Crippen LogP contribution in [0.4, 0.5) is 10.5 Å². The maximum atomic E-state index is 12.4. The van der Waals surface area contributed by atoms with Crippen molar-refractivity contribution in [2.24, 2.45) is 0 Å². The molecule has 28 heavy (non-hydrogen) atoms. The Hall–Kier alpha value is -3.00. The van der Waals surface area contributed by atoms with Gasteiger partial charge in [0.25, 0.3) is 11.8 Å². The number of nitrogens with zero attached hydrogens (tertiary/aromatic N) is 1. The van der Waals surface area contributed by atoms with Crippen LogP contribution in [0.2, 0.25) is 5.02 Å². The van der Waals surface area contributed by atoms with E-state index in [0.717, 1.165) is 0 Å². The van der Waals surface area contributed by atoms with Gasteiger partial charge >= 0.3 is 6.09 Å². The van der Waals surface area contributed by atoms with Gasteiger partial charge in [0, 0.05) is 18.1 Å². The number of para-hydroxylation sites is 1. The molecule has 1 heterocycles. The fourth-order valence-electron chi connectivity index (χ4n) is 2.16. The molecule has 0 bridgehead atoms. The highest BCUT2D eigenvalue weighted by molar-refractivity contribution is 6.34. The van der Waals surface area contributed by atoms with Crippen molar-refractivity contribution in [1.82, 2.24) is 9.99 Å². The molecule has 0 fully saturated rings. The monoisotopic (exact) mass is 406 g/mol. The molecule has 0 saturated carbocycles. The third kappa shape index (κ3) is 6.31. The zero-order chi connectivity index (χ0) is 20.9. The summed E-state index contributed by atoms with van der Waals surface area (Å²) in [6, 6.07) is 8.05. The van der Waals surface area contributed by atoms with Crippen LogP contribution in [0.5, 0.6) is 0 Å². The summed E-state index contributed by atoms with van der Waals surface area (Å²) in [5.41, 5.74) is 2.68. The number of nitrogens with one attached hydrogen (secondary N) is 3. The number of hydrogen-bond acceptors (Lipinski definition) is 4. The molecule has 1 aromatic carbocycles. The van der Waals surface area contributed by atoms with Crippen LogP contribution in [-0.4, -0.2) is 34.2 Å². The molecule has 0 aliphatic rings. The SMILES string of the molecule is C[C@H](NC(=O)OC(C)(C)C)C(=O)Nn1cc(Cl)c(C(=O)Nc2ccccc2)c1. The van der Waals surface area contributed by atoms with Gasteiger partial charge < -0.3 is 15.4 Å². The number of rotatable bonds is 5. The van der Waals surface area contributed by atoms with Gasteiger partial charge in [-0.05, 0) is 39.8 Å². The van der Waals surface area contributed by atoms with Gasteiger partial charge in [0.15, 0.2) is 0 Å². The average Bonchev–Trinajstić information content (AvgIpc) is 2.94. The molecule has 0 saturated heterocycles. The van der Waals surface area contributed by atoms with Gasteiger partial charge in [-0.15, -0.1) is 0 Å². The first-order chi connectivity index (χ1) is 13.0. The zero-order valence-corrected chi connectivity index (χ0v) is 16.8. The summed E-state index contributed by atoms with van der Waals surface area (Å²) in [4.78, 5) is 36.4. The molecule has 0 unspecified atom stereocenters. The molecule has 9 heteroatoms. The van der Waals surface area contributed by atoms with Crippen LogP contribution in [0.25, 0.3) is 0 Å². The minimum atomic E-state index is -0.863. The van der Waals surface area contributed by atoms with Crippen LogP contribution in [0.1, 0.15) is 38.1 Å². The smallest absolute Gasteiger partial charge is 0.408 e. The van der Waals surface area contributed by atoms with Gasteiger partial charge in [-0.2, -0.15) is 0 Å². The Balaban J connectivity index is 1.97. The van der Waals surface area contributed by atoms with Gasteiger partial charge in [-0.1, -0.05) is 29.8 Å². The van der Waals surface area contributed by atoms with Crippen molar-refractivity contribution in [3.8, 4) is 0 Å². The highest BCUT2D eigenvalue weighted by Gasteiger charge is 2.22. The number of aromatic nitrogens is 1. The van der Waals surface area contributed by atoms with Crippen LogP contribution in [0.15, 0.2) is 42.7 Å². The topological polar surface area (TPSA) is 101 Å². The third-order valence-corrected chi connectivity index (χ3v) is 3.72. The molecular formula is C19H23ClN4O4. The lowest BCUT2D eigenvalue weighted by Crippen LogP contribution is -2.45. The number of hydrogen-bond donors (Lipinski definition) is 3. The normalized spacial score (nSPS) is 12.0. The summed E-state index contributed by atoms with van der Waals surface area (Å²) < 4.78 is 6.37. The van der Waals surface area contributed by atoms with E-state index < -0.39 is 29.6 Å². The molecule has 1 aromatic heterocycles. The van der Waals surface area contributed by atoms with Crippen molar-refractivity contribution >= 4 is 35.2 Å². The Kier molecular flexibility index (Phi) is 6.69. The Morgan fingerprint density at radius 2 is 1.75 bits per heavy atom. The Morgan fingerprint density at radius 3 is 2.36 bits per heavy atom. The molecule has 2 rings (SSSR count). The number of benzene rings is 1. The van der Waals surface area contributed by atoms with Gasteiger partial charge in [-0.25, -0.2) is 4.79 Å². The predicted molar refractivity (Wildman–Crippen MR) is 107 cm³/mol. The molecule has 0 spiro atoms. The van der Waals surface area contributed by atoms with E-state index in [2.05, 4.69) is 16.1 Å². The second kappa shape index (κ2) is 8.79. The van der Waals surface area contributed by atoms with Gasteiger partial charge in [0.1, 0.15) is 11.6 Å². The molecule has 150 valence electrons. The van der Waals surface area contributed by atoms with Crippen molar-refractivity contribution in [3.63, 3.8) is 0 Å². The molecular weight excluding hydrogens is 384 g/mol. The van der Waals surface area contributed by atoms with E-state index in [1.165, 1.54) is 24.0 Å². The second-order valence-corrected chi connectivity index (χ2v) is 7.50. The first kappa shape index (κ1) is 21.3. The standard InChI is InChI=1S/C19H23ClN4O4/c1-12(21-18(27)28-19(2,3)4)16(25)23-24-10-14(15(20)11-24)17(26)22-13-8-6-5-7-9-13/h5-12H,1-4H3,(H,21,27)(H,22,26)(H,23,25)/t12-/m0/s1. The lowest BCUT2D eigenvalue weighted by molar-refractivity contribution is -0.118. The van der Waals surface area contributed by atoms with Gasteiger partial charge in [-0.3, -0.25) is 19.7 Å². The van der Waals surface area contributed by atoms with Crippen LogP contribution < -0.4 is 16.1 Å². The minimum absolute atomic E-state index is 0.168. The first-order valence-corrected chi connectivity index (χ1v) is 8.97. The van der Waals surface area contributed by atoms with Crippen molar-refractivity contribution in [2.45, 2.75) is 39.3 Å². The fourth-order valence-corrected chi connectivity index (χ4v) is 2.39. The van der Waals surface area contributed by atoms with Crippen molar-refractivity contribution < 1.29 is 19.1 Å². The number of ether oxygens (including phenoxy) is 1. The van der Waals surface area contributed by atoms with Gasteiger partial charge in [0.05, 0.1) is 10.6 Å². The Morgan fingerprint density at radius 1 is 1.11 bits per heavy atom.